The SMILES string of the molecule is C=C/C=C\C=C(/C)CN=CC(=CN)C(=O)NC1CCC(=O)NC1=O. The Bertz CT molecular complexity index is 630. The second kappa shape index (κ2) is 9.94. The molecule has 0 radical (unpaired) electrons. The molecule has 0 spiro atoms. The van der Waals surface area contributed by atoms with E-state index < -0.39 is 17.9 Å². The summed E-state index contributed by atoms with van der Waals surface area (Å²) in [7, 11) is 0. The first-order valence-corrected chi connectivity index (χ1v) is 7.49. The first-order chi connectivity index (χ1) is 11.5. The van der Waals surface area contributed by atoms with E-state index in [1.54, 1.807) is 12.2 Å². The van der Waals surface area contributed by atoms with Crippen LogP contribution in [0.3, 0.4) is 0 Å². The van der Waals surface area contributed by atoms with Gasteiger partial charge in [0.1, 0.15) is 6.04 Å². The van der Waals surface area contributed by atoms with Crippen molar-refractivity contribution in [1.29, 1.82) is 0 Å². The van der Waals surface area contributed by atoms with Gasteiger partial charge in [-0.15, -0.1) is 0 Å². The molecular formula is C17H22N4O3. The van der Waals surface area contributed by atoms with Crippen LogP contribution in [0.5, 0.6) is 0 Å². The number of aliphatic imine (C=N–C) groups is 1. The van der Waals surface area contributed by atoms with Crippen molar-refractivity contribution in [3.63, 3.8) is 0 Å². The topological polar surface area (TPSA) is 114 Å². The molecule has 0 bridgehead atoms. The Hall–Kier alpha value is -2.96. The smallest absolute Gasteiger partial charge is 0.254 e. The molecular weight excluding hydrogens is 308 g/mol. The van der Waals surface area contributed by atoms with Crippen molar-refractivity contribution in [1.82, 2.24) is 10.6 Å². The lowest BCUT2D eigenvalue weighted by Gasteiger charge is -2.21. The maximum Gasteiger partial charge on any atom is 0.254 e. The summed E-state index contributed by atoms with van der Waals surface area (Å²) in [6.07, 6.45) is 10.1. The molecule has 128 valence electrons. The fraction of sp³-hybridized carbons (Fsp3) is 0.294. The molecule has 1 rings (SSSR count). The maximum atomic E-state index is 12.1. The lowest BCUT2D eigenvalue weighted by Crippen LogP contribution is -2.52. The van der Waals surface area contributed by atoms with E-state index in [4.69, 9.17) is 5.73 Å². The largest absolute Gasteiger partial charge is 0.404 e. The Morgan fingerprint density at radius 2 is 2.21 bits per heavy atom. The molecule has 0 aromatic rings. The first kappa shape index (κ1) is 19.1. The van der Waals surface area contributed by atoms with E-state index in [9.17, 15) is 14.4 Å². The number of nitrogens with one attached hydrogen (secondary N) is 2. The van der Waals surface area contributed by atoms with Crippen LogP contribution in [0, 0.1) is 0 Å². The van der Waals surface area contributed by atoms with Gasteiger partial charge in [0.05, 0.1) is 12.1 Å². The van der Waals surface area contributed by atoms with Crippen molar-refractivity contribution in [3.8, 4) is 0 Å². The zero-order valence-corrected chi connectivity index (χ0v) is 13.6. The van der Waals surface area contributed by atoms with E-state index in [2.05, 4.69) is 22.2 Å². The second-order valence-corrected chi connectivity index (χ2v) is 5.20. The van der Waals surface area contributed by atoms with Crippen LogP contribution in [-0.4, -0.2) is 36.5 Å². The number of piperidine rings is 1. The van der Waals surface area contributed by atoms with Crippen molar-refractivity contribution in [2.75, 3.05) is 6.54 Å². The standard InChI is InChI=1S/C17H22N4O3/c1-3-4-5-6-12(2)10-19-11-13(9-18)16(23)20-14-7-8-15(22)21-17(14)24/h3-6,9,11,14H,1,7-8,10,18H2,2H3,(H,20,23)(H,21,22,24)/b5-4-,12-6+,13-9?,19-11?. The number of hydrogen-bond acceptors (Lipinski definition) is 5. The van der Waals surface area contributed by atoms with Crippen molar-refractivity contribution in [2.45, 2.75) is 25.8 Å². The summed E-state index contributed by atoms with van der Waals surface area (Å²) in [6, 6.07) is -0.746. The lowest BCUT2D eigenvalue weighted by atomic mass is 10.1. The predicted octanol–water partition coefficient (Wildman–Crippen LogP) is 0.510. The van der Waals surface area contributed by atoms with Crippen LogP contribution in [0.4, 0.5) is 0 Å². The normalized spacial score (nSPS) is 19.6. The highest BCUT2D eigenvalue weighted by molar-refractivity contribution is 6.13. The minimum atomic E-state index is -0.746. The second-order valence-electron chi connectivity index (χ2n) is 5.20. The number of carbonyl (C=O) groups is 3. The van der Waals surface area contributed by atoms with Crippen molar-refractivity contribution in [3.05, 3.63) is 48.2 Å². The highest BCUT2D eigenvalue weighted by Crippen LogP contribution is 2.05. The molecule has 0 aromatic heterocycles. The van der Waals surface area contributed by atoms with Gasteiger partial charge in [0.2, 0.25) is 11.8 Å². The van der Waals surface area contributed by atoms with E-state index in [-0.39, 0.29) is 24.3 Å². The van der Waals surface area contributed by atoms with Gasteiger partial charge in [-0.1, -0.05) is 36.5 Å². The number of carbonyl (C=O) groups excluding carboxylic acids is 3. The number of amides is 3. The molecule has 0 aliphatic carbocycles. The van der Waals surface area contributed by atoms with Crippen molar-refractivity contribution in [2.24, 2.45) is 10.7 Å². The molecule has 4 N–H and O–H groups in total. The van der Waals surface area contributed by atoms with Crippen LogP contribution >= 0.6 is 0 Å². The Labute approximate surface area is 141 Å². The first-order valence-electron chi connectivity index (χ1n) is 7.49. The third-order valence-electron chi connectivity index (χ3n) is 3.19. The fourth-order valence-corrected chi connectivity index (χ4v) is 1.89. The van der Waals surface area contributed by atoms with Gasteiger partial charge in [0.25, 0.3) is 5.91 Å². The number of imide groups is 1. The highest BCUT2D eigenvalue weighted by Gasteiger charge is 2.28. The minimum Gasteiger partial charge on any atom is -0.404 e. The molecule has 7 heteroatoms. The van der Waals surface area contributed by atoms with Gasteiger partial charge in [0.15, 0.2) is 0 Å². The van der Waals surface area contributed by atoms with Crippen LogP contribution in [0.15, 0.2) is 53.2 Å². The molecule has 1 aliphatic heterocycles. The van der Waals surface area contributed by atoms with E-state index in [0.717, 1.165) is 11.8 Å². The number of nitrogens with two attached hydrogens (primary N) is 1. The summed E-state index contributed by atoms with van der Waals surface area (Å²) in [4.78, 5) is 39.0. The average molecular weight is 330 g/mol. The molecule has 1 heterocycles. The van der Waals surface area contributed by atoms with Crippen LogP contribution in [0.1, 0.15) is 19.8 Å². The van der Waals surface area contributed by atoms with Gasteiger partial charge in [-0.3, -0.25) is 24.7 Å². The molecule has 3 amide bonds. The van der Waals surface area contributed by atoms with E-state index in [0.29, 0.717) is 6.54 Å². The number of hydrogen-bond donors (Lipinski definition) is 3. The van der Waals surface area contributed by atoms with Crippen molar-refractivity contribution < 1.29 is 14.4 Å². The lowest BCUT2D eigenvalue weighted by molar-refractivity contribution is -0.136. The van der Waals surface area contributed by atoms with Crippen LogP contribution in [0.2, 0.25) is 0 Å². The summed E-state index contributed by atoms with van der Waals surface area (Å²) in [5, 5.41) is 4.72. The van der Waals surface area contributed by atoms with Gasteiger partial charge >= 0.3 is 0 Å². The van der Waals surface area contributed by atoms with Gasteiger partial charge < -0.3 is 11.1 Å². The third kappa shape index (κ3) is 6.43. The van der Waals surface area contributed by atoms with Gasteiger partial charge in [0, 0.05) is 18.8 Å². The molecule has 1 unspecified atom stereocenters. The molecule has 1 atom stereocenters. The fourth-order valence-electron chi connectivity index (χ4n) is 1.89. The Kier molecular flexibility index (Phi) is 7.90. The summed E-state index contributed by atoms with van der Waals surface area (Å²) in [6.45, 7) is 5.88. The van der Waals surface area contributed by atoms with E-state index in [1.165, 1.54) is 6.21 Å². The predicted molar refractivity (Wildman–Crippen MR) is 93.0 cm³/mol. The number of nitrogens with zero attached hydrogens (tertiary/aromatic N) is 1. The number of rotatable bonds is 7. The van der Waals surface area contributed by atoms with Gasteiger partial charge in [-0.2, -0.15) is 0 Å². The summed E-state index contributed by atoms with van der Waals surface area (Å²) < 4.78 is 0. The van der Waals surface area contributed by atoms with Crippen molar-refractivity contribution >= 4 is 23.9 Å². The molecule has 0 aromatic carbocycles. The zero-order valence-electron chi connectivity index (χ0n) is 13.6. The Balaban J connectivity index is 2.58. The Morgan fingerprint density at radius 1 is 1.46 bits per heavy atom. The van der Waals surface area contributed by atoms with Crippen LogP contribution in [-0.2, 0) is 14.4 Å². The summed E-state index contributed by atoms with van der Waals surface area (Å²) in [5.74, 6) is -1.36. The van der Waals surface area contributed by atoms with E-state index >= 15 is 0 Å². The molecule has 24 heavy (non-hydrogen) atoms. The summed E-state index contributed by atoms with van der Waals surface area (Å²) in [5.41, 5.74) is 6.58. The monoisotopic (exact) mass is 330 g/mol. The minimum absolute atomic E-state index is 0.147. The van der Waals surface area contributed by atoms with Crippen LogP contribution < -0.4 is 16.4 Å². The van der Waals surface area contributed by atoms with Crippen LogP contribution in [0.25, 0.3) is 0 Å². The number of allylic oxidation sites excluding steroid dienone is 4. The van der Waals surface area contributed by atoms with Gasteiger partial charge in [-0.25, -0.2) is 0 Å². The highest BCUT2D eigenvalue weighted by atomic mass is 16.2. The quantitative estimate of drug-likeness (QED) is 0.273. The third-order valence-corrected chi connectivity index (χ3v) is 3.19. The molecule has 1 saturated heterocycles. The molecule has 1 aliphatic rings. The maximum absolute atomic E-state index is 12.1. The molecule has 0 saturated carbocycles. The molecule has 1 fully saturated rings. The average Bonchev–Trinajstić information content (AvgIpc) is 2.54. The summed E-state index contributed by atoms with van der Waals surface area (Å²) >= 11 is 0. The van der Waals surface area contributed by atoms with E-state index in [1.807, 2.05) is 19.1 Å². The zero-order chi connectivity index (χ0) is 17.9. The molecule has 7 nitrogen and oxygen atoms in total. The van der Waals surface area contributed by atoms with Gasteiger partial charge in [-0.05, 0) is 13.3 Å². The Morgan fingerprint density at radius 3 is 2.83 bits per heavy atom.